The second-order valence-electron chi connectivity index (χ2n) is 9.77. The second kappa shape index (κ2) is 12.6. The zero-order valence-electron chi connectivity index (χ0n) is 22.5. The van der Waals surface area contributed by atoms with E-state index in [0.29, 0.717) is 17.9 Å². The van der Waals surface area contributed by atoms with Crippen LogP contribution in [0.1, 0.15) is 34.8 Å². The summed E-state index contributed by atoms with van der Waals surface area (Å²) in [6.45, 7) is 4.40. The van der Waals surface area contributed by atoms with Gasteiger partial charge in [0.15, 0.2) is 0 Å². The van der Waals surface area contributed by atoms with Crippen molar-refractivity contribution in [2.45, 2.75) is 38.6 Å². The SMILES string of the molecule is CCc1c(CN2CCC(O)C2)cccc1Nc1c(C(N)=O)cnc2[nH]c(-c3ccc(F)cc3)cc12.O=C(O)C(F)(F)F. The fraction of sp³-hybridized carbons (Fsp3) is 0.276. The number of carbonyl (C=O) groups is 2. The molecule has 3 heterocycles. The van der Waals surface area contributed by atoms with Gasteiger partial charge in [0.25, 0.3) is 5.91 Å². The van der Waals surface area contributed by atoms with Gasteiger partial charge in [-0.25, -0.2) is 14.2 Å². The van der Waals surface area contributed by atoms with Gasteiger partial charge in [-0.15, -0.1) is 0 Å². The minimum Gasteiger partial charge on any atom is -0.475 e. The molecule has 2 aromatic heterocycles. The minimum atomic E-state index is -5.08. The Hall–Kier alpha value is -4.49. The highest BCUT2D eigenvalue weighted by Gasteiger charge is 2.38. The molecule has 0 aliphatic carbocycles. The van der Waals surface area contributed by atoms with Crippen LogP contribution in [0.15, 0.2) is 54.7 Å². The maximum absolute atomic E-state index is 13.4. The Labute approximate surface area is 238 Å². The third-order valence-corrected chi connectivity index (χ3v) is 6.85. The molecule has 42 heavy (non-hydrogen) atoms. The van der Waals surface area contributed by atoms with Crippen LogP contribution in [-0.2, 0) is 17.8 Å². The first-order valence-electron chi connectivity index (χ1n) is 13.0. The summed E-state index contributed by atoms with van der Waals surface area (Å²) in [6.07, 6.45) is -2.30. The number of carbonyl (C=O) groups excluding carboxylic acids is 1. The number of H-pyrrole nitrogens is 1. The number of amides is 1. The van der Waals surface area contributed by atoms with Gasteiger partial charge in [0.05, 0.1) is 17.4 Å². The lowest BCUT2D eigenvalue weighted by atomic mass is 10.0. The van der Waals surface area contributed by atoms with E-state index in [-0.39, 0.29) is 17.5 Å². The number of halogens is 4. The lowest BCUT2D eigenvalue weighted by Crippen LogP contribution is -2.22. The molecule has 1 atom stereocenters. The predicted octanol–water partition coefficient (Wildman–Crippen LogP) is 4.97. The number of hydrogen-bond acceptors (Lipinski definition) is 6. The third-order valence-electron chi connectivity index (χ3n) is 6.85. The van der Waals surface area contributed by atoms with E-state index in [4.69, 9.17) is 15.6 Å². The number of carboxylic acids is 1. The number of aromatic nitrogens is 2. The van der Waals surface area contributed by atoms with Crippen LogP contribution in [0.4, 0.5) is 28.9 Å². The summed E-state index contributed by atoms with van der Waals surface area (Å²) in [7, 11) is 0. The van der Waals surface area contributed by atoms with Crippen LogP contribution in [-0.4, -0.2) is 62.3 Å². The average molecular weight is 588 g/mol. The van der Waals surface area contributed by atoms with Crippen LogP contribution < -0.4 is 11.1 Å². The summed E-state index contributed by atoms with van der Waals surface area (Å²) >= 11 is 0. The molecule has 2 aromatic carbocycles. The number of anilines is 2. The Morgan fingerprint density at radius 1 is 1.19 bits per heavy atom. The predicted molar refractivity (Wildman–Crippen MR) is 149 cm³/mol. The number of rotatable bonds is 7. The van der Waals surface area contributed by atoms with Gasteiger partial charge in [-0.05, 0) is 65.9 Å². The van der Waals surface area contributed by atoms with Gasteiger partial charge < -0.3 is 26.2 Å². The monoisotopic (exact) mass is 587 g/mol. The second-order valence-corrected chi connectivity index (χ2v) is 9.77. The topological polar surface area (TPSA) is 145 Å². The highest BCUT2D eigenvalue weighted by Crippen LogP contribution is 2.34. The molecular formula is C29H29F4N5O4. The van der Waals surface area contributed by atoms with E-state index >= 15 is 0 Å². The number of aliphatic carboxylic acids is 1. The fourth-order valence-electron chi connectivity index (χ4n) is 4.83. The van der Waals surface area contributed by atoms with Crippen molar-refractivity contribution in [3.63, 3.8) is 0 Å². The summed E-state index contributed by atoms with van der Waals surface area (Å²) in [6, 6.07) is 14.2. The van der Waals surface area contributed by atoms with Gasteiger partial charge in [0.2, 0.25) is 0 Å². The molecule has 0 saturated carbocycles. The fourth-order valence-corrected chi connectivity index (χ4v) is 4.83. The molecule has 9 nitrogen and oxygen atoms in total. The van der Waals surface area contributed by atoms with E-state index in [1.807, 2.05) is 18.2 Å². The number of aliphatic hydroxyl groups excluding tert-OH is 1. The van der Waals surface area contributed by atoms with Crippen molar-refractivity contribution in [2.24, 2.45) is 5.73 Å². The smallest absolute Gasteiger partial charge is 0.475 e. The molecule has 1 unspecified atom stereocenters. The van der Waals surface area contributed by atoms with Crippen molar-refractivity contribution in [3.8, 4) is 11.3 Å². The Morgan fingerprint density at radius 2 is 1.88 bits per heavy atom. The molecule has 0 radical (unpaired) electrons. The molecule has 4 aromatic rings. The number of hydrogen-bond donors (Lipinski definition) is 5. The number of nitrogens with two attached hydrogens (primary N) is 1. The number of β-amino-alcohol motifs (C(OH)–C–C–N with tert-alkyl or cyclic N) is 1. The van der Waals surface area contributed by atoms with Crippen LogP contribution in [0.5, 0.6) is 0 Å². The lowest BCUT2D eigenvalue weighted by molar-refractivity contribution is -0.192. The molecule has 13 heteroatoms. The number of likely N-dealkylation sites (tertiary alicyclic amines) is 1. The molecule has 1 aliphatic rings. The lowest BCUT2D eigenvalue weighted by Gasteiger charge is -2.21. The summed E-state index contributed by atoms with van der Waals surface area (Å²) in [5, 5.41) is 21.2. The quantitative estimate of drug-likeness (QED) is 0.192. The average Bonchev–Trinajstić information content (AvgIpc) is 3.55. The van der Waals surface area contributed by atoms with Gasteiger partial charge >= 0.3 is 12.1 Å². The number of nitrogens with one attached hydrogen (secondary N) is 2. The molecular weight excluding hydrogens is 558 g/mol. The third kappa shape index (κ3) is 7.04. The standard InChI is InChI=1S/C27H28FN5O2.C2HF3O2/c1-2-20-17(14-33-11-10-19(34)15-33)4-3-5-23(20)31-25-21-12-24(16-6-8-18(28)9-7-16)32-27(21)30-13-22(25)26(29)35;3-2(4,5)1(6)7/h3-9,12-13,19,34H,2,10-11,14-15H2,1H3,(H2,29,35)(H2,30,31,32);(H,6,7). The van der Waals surface area contributed by atoms with Crippen molar-refractivity contribution in [3.05, 3.63) is 77.2 Å². The largest absolute Gasteiger partial charge is 0.490 e. The summed E-state index contributed by atoms with van der Waals surface area (Å²) in [5.74, 6) is -3.64. The number of primary amides is 1. The number of aliphatic hydroxyl groups is 1. The Balaban J connectivity index is 0.000000517. The Bertz CT molecular complexity index is 1590. The van der Waals surface area contributed by atoms with Crippen LogP contribution in [0.3, 0.4) is 0 Å². The van der Waals surface area contributed by atoms with E-state index in [9.17, 15) is 27.5 Å². The van der Waals surface area contributed by atoms with Gasteiger partial charge in [0.1, 0.15) is 11.5 Å². The number of fused-ring (bicyclic) bond motifs is 1. The molecule has 0 bridgehead atoms. The van der Waals surface area contributed by atoms with Gasteiger partial charge in [-0.1, -0.05) is 19.1 Å². The molecule has 1 aliphatic heterocycles. The van der Waals surface area contributed by atoms with Crippen LogP contribution in [0, 0.1) is 5.82 Å². The van der Waals surface area contributed by atoms with Crippen molar-refractivity contribution in [1.82, 2.24) is 14.9 Å². The van der Waals surface area contributed by atoms with Crippen molar-refractivity contribution < 1.29 is 37.4 Å². The molecule has 6 N–H and O–H groups in total. The van der Waals surface area contributed by atoms with Crippen molar-refractivity contribution in [2.75, 3.05) is 18.4 Å². The van der Waals surface area contributed by atoms with Crippen LogP contribution in [0.2, 0.25) is 0 Å². The first kappa shape index (κ1) is 30.5. The van der Waals surface area contributed by atoms with Crippen molar-refractivity contribution in [1.29, 1.82) is 0 Å². The normalized spacial score (nSPS) is 15.3. The molecule has 222 valence electrons. The Kier molecular flexibility index (Phi) is 9.12. The molecule has 1 amide bonds. The number of alkyl halides is 3. The minimum absolute atomic E-state index is 0.270. The van der Waals surface area contributed by atoms with Gasteiger partial charge in [-0.3, -0.25) is 9.69 Å². The van der Waals surface area contributed by atoms with E-state index in [0.717, 1.165) is 53.8 Å². The number of aromatic amines is 1. The van der Waals surface area contributed by atoms with E-state index in [2.05, 4.69) is 33.2 Å². The zero-order valence-corrected chi connectivity index (χ0v) is 22.5. The summed E-state index contributed by atoms with van der Waals surface area (Å²) < 4.78 is 45.1. The highest BCUT2D eigenvalue weighted by atomic mass is 19.4. The summed E-state index contributed by atoms with van der Waals surface area (Å²) in [5.41, 5.74) is 12.0. The number of benzene rings is 2. The number of pyridine rings is 1. The highest BCUT2D eigenvalue weighted by molar-refractivity contribution is 6.08. The summed E-state index contributed by atoms with van der Waals surface area (Å²) in [4.78, 5) is 31.1. The van der Waals surface area contributed by atoms with E-state index in [1.165, 1.54) is 23.9 Å². The Morgan fingerprint density at radius 3 is 2.45 bits per heavy atom. The van der Waals surface area contributed by atoms with Crippen molar-refractivity contribution >= 4 is 34.3 Å². The van der Waals surface area contributed by atoms with E-state index in [1.54, 1.807) is 12.1 Å². The maximum atomic E-state index is 13.4. The first-order chi connectivity index (χ1) is 19.9. The molecule has 5 rings (SSSR count). The zero-order chi connectivity index (χ0) is 30.6. The number of nitrogens with zero attached hydrogens (tertiary/aromatic N) is 2. The van der Waals surface area contributed by atoms with E-state index < -0.39 is 18.1 Å². The van der Waals surface area contributed by atoms with Gasteiger partial charge in [-0.2, -0.15) is 13.2 Å². The molecule has 0 spiro atoms. The molecule has 1 fully saturated rings. The van der Waals surface area contributed by atoms with Crippen LogP contribution in [0.25, 0.3) is 22.3 Å². The first-order valence-corrected chi connectivity index (χ1v) is 13.0. The number of carboxylic acid groups (broad SMARTS) is 1. The van der Waals surface area contributed by atoms with Crippen LogP contribution >= 0.6 is 0 Å². The van der Waals surface area contributed by atoms with Gasteiger partial charge in [0, 0.05) is 42.6 Å². The maximum Gasteiger partial charge on any atom is 0.490 e. The molecule has 1 saturated heterocycles.